The highest BCUT2D eigenvalue weighted by Crippen LogP contribution is 2.46. The lowest BCUT2D eigenvalue weighted by Crippen LogP contribution is -2.29. The Kier molecular flexibility index (Phi) is 3.96. The van der Waals surface area contributed by atoms with Gasteiger partial charge in [-0.1, -0.05) is 31.9 Å². The topological polar surface area (TPSA) is 35.2 Å². The lowest BCUT2D eigenvalue weighted by Gasteiger charge is -2.31. The zero-order valence-corrected chi connectivity index (χ0v) is 11.8. The van der Waals surface area contributed by atoms with Crippen molar-refractivity contribution in [2.75, 3.05) is 0 Å². The summed E-state index contributed by atoms with van der Waals surface area (Å²) in [6.07, 6.45) is 5.31. The van der Waals surface area contributed by atoms with Crippen molar-refractivity contribution in [3.05, 3.63) is 29.8 Å². The Balaban J connectivity index is 2.17. The normalized spacial score (nSPS) is 20.1. The number of nitrogens with two attached hydrogens (primary N) is 1. The van der Waals surface area contributed by atoms with Crippen molar-refractivity contribution in [1.82, 2.24) is 0 Å². The fourth-order valence-electron chi connectivity index (χ4n) is 2.95. The largest absolute Gasteiger partial charge is 0.491 e. The van der Waals surface area contributed by atoms with Crippen LogP contribution in [0.5, 0.6) is 5.75 Å². The highest BCUT2D eigenvalue weighted by molar-refractivity contribution is 5.31. The molecule has 1 saturated carbocycles. The van der Waals surface area contributed by atoms with E-state index >= 15 is 0 Å². The summed E-state index contributed by atoms with van der Waals surface area (Å²) in [4.78, 5) is 0. The van der Waals surface area contributed by atoms with Crippen LogP contribution in [0.1, 0.15) is 58.1 Å². The second-order valence-electron chi connectivity index (χ2n) is 6.08. The van der Waals surface area contributed by atoms with Gasteiger partial charge in [-0.3, -0.25) is 0 Å². The number of hydrogen-bond donors (Lipinski definition) is 1. The summed E-state index contributed by atoms with van der Waals surface area (Å²) in [5, 5.41) is 0. The van der Waals surface area contributed by atoms with E-state index < -0.39 is 0 Å². The van der Waals surface area contributed by atoms with E-state index in [0.29, 0.717) is 0 Å². The monoisotopic (exact) mass is 247 g/mol. The Morgan fingerprint density at radius 1 is 1.22 bits per heavy atom. The minimum absolute atomic E-state index is 0.121. The zero-order valence-electron chi connectivity index (χ0n) is 11.8. The summed E-state index contributed by atoms with van der Waals surface area (Å²) in [7, 11) is 0. The summed E-state index contributed by atoms with van der Waals surface area (Å²) >= 11 is 0. The van der Waals surface area contributed by atoms with Gasteiger partial charge in [0.25, 0.3) is 0 Å². The molecule has 0 radical (unpaired) electrons. The van der Waals surface area contributed by atoms with Crippen LogP contribution in [0.15, 0.2) is 24.3 Å². The predicted octanol–water partition coefficient (Wildman–Crippen LogP) is 4.05. The quantitative estimate of drug-likeness (QED) is 0.871. The lowest BCUT2D eigenvalue weighted by molar-refractivity contribution is 0.239. The molecular formula is C16H25NO. The van der Waals surface area contributed by atoms with E-state index in [0.717, 1.165) is 5.75 Å². The van der Waals surface area contributed by atoms with E-state index in [1.165, 1.54) is 31.2 Å². The number of rotatable bonds is 4. The molecule has 0 aliphatic heterocycles. The van der Waals surface area contributed by atoms with Gasteiger partial charge in [0.1, 0.15) is 5.75 Å². The summed E-state index contributed by atoms with van der Waals surface area (Å²) in [5.41, 5.74) is 7.95. The van der Waals surface area contributed by atoms with Gasteiger partial charge >= 0.3 is 0 Å². The van der Waals surface area contributed by atoms with Crippen molar-refractivity contribution in [3.63, 3.8) is 0 Å². The molecule has 2 nitrogen and oxygen atoms in total. The molecule has 2 rings (SSSR count). The predicted molar refractivity (Wildman–Crippen MR) is 75.7 cm³/mol. The van der Waals surface area contributed by atoms with Gasteiger partial charge in [0, 0.05) is 6.04 Å². The number of benzene rings is 1. The first-order valence-corrected chi connectivity index (χ1v) is 7.03. The zero-order chi connectivity index (χ0) is 13.2. The van der Waals surface area contributed by atoms with E-state index in [1.807, 2.05) is 26.0 Å². The molecule has 1 aromatic carbocycles. The molecule has 18 heavy (non-hydrogen) atoms. The fourth-order valence-corrected chi connectivity index (χ4v) is 2.95. The van der Waals surface area contributed by atoms with Crippen LogP contribution in [0.25, 0.3) is 0 Å². The van der Waals surface area contributed by atoms with Gasteiger partial charge in [0.05, 0.1) is 6.10 Å². The molecule has 0 amide bonds. The van der Waals surface area contributed by atoms with E-state index in [4.69, 9.17) is 10.5 Å². The highest BCUT2D eigenvalue weighted by Gasteiger charge is 2.35. The third-order valence-electron chi connectivity index (χ3n) is 4.09. The van der Waals surface area contributed by atoms with Crippen LogP contribution in [0.4, 0.5) is 0 Å². The molecule has 1 atom stereocenters. The average Bonchev–Trinajstić information content (AvgIpc) is 2.76. The Labute approximate surface area is 111 Å². The van der Waals surface area contributed by atoms with Gasteiger partial charge in [-0.05, 0) is 49.8 Å². The summed E-state index contributed by atoms with van der Waals surface area (Å²) < 4.78 is 5.75. The van der Waals surface area contributed by atoms with Crippen molar-refractivity contribution in [2.45, 2.75) is 58.6 Å². The Bertz CT molecular complexity index is 394. The molecule has 1 aliphatic rings. The van der Waals surface area contributed by atoms with Crippen LogP contribution in [0.3, 0.4) is 0 Å². The Morgan fingerprint density at radius 2 is 1.89 bits per heavy atom. The molecule has 1 fully saturated rings. The van der Waals surface area contributed by atoms with Crippen molar-refractivity contribution >= 4 is 0 Å². The Hall–Kier alpha value is -1.02. The van der Waals surface area contributed by atoms with Gasteiger partial charge in [0.2, 0.25) is 0 Å². The van der Waals surface area contributed by atoms with Crippen molar-refractivity contribution in [2.24, 2.45) is 11.1 Å². The van der Waals surface area contributed by atoms with E-state index in [1.54, 1.807) is 0 Å². The van der Waals surface area contributed by atoms with E-state index in [2.05, 4.69) is 19.1 Å². The van der Waals surface area contributed by atoms with Crippen molar-refractivity contribution < 1.29 is 4.74 Å². The van der Waals surface area contributed by atoms with Crippen LogP contribution in [-0.2, 0) is 0 Å². The summed E-state index contributed by atoms with van der Waals surface area (Å²) in [6, 6.07) is 8.41. The first kappa shape index (κ1) is 13.4. The molecule has 0 aromatic heterocycles. The van der Waals surface area contributed by atoms with E-state index in [-0.39, 0.29) is 17.6 Å². The average molecular weight is 247 g/mol. The maximum absolute atomic E-state index is 6.48. The molecule has 1 aliphatic carbocycles. The van der Waals surface area contributed by atoms with Crippen LogP contribution < -0.4 is 10.5 Å². The molecule has 2 N–H and O–H groups in total. The lowest BCUT2D eigenvalue weighted by atomic mass is 9.78. The summed E-state index contributed by atoms with van der Waals surface area (Å²) in [5.74, 6) is 0.930. The van der Waals surface area contributed by atoms with E-state index in [9.17, 15) is 0 Å². The molecule has 0 spiro atoms. The smallest absolute Gasteiger partial charge is 0.120 e. The maximum atomic E-state index is 6.48. The van der Waals surface area contributed by atoms with Crippen LogP contribution >= 0.6 is 0 Å². The highest BCUT2D eigenvalue weighted by atomic mass is 16.5. The van der Waals surface area contributed by atoms with Gasteiger partial charge < -0.3 is 10.5 Å². The van der Waals surface area contributed by atoms with Crippen LogP contribution in [0.2, 0.25) is 0 Å². The van der Waals surface area contributed by atoms with Crippen LogP contribution in [-0.4, -0.2) is 6.10 Å². The second-order valence-corrected chi connectivity index (χ2v) is 6.08. The molecule has 1 unspecified atom stereocenters. The van der Waals surface area contributed by atoms with Crippen molar-refractivity contribution in [1.29, 1.82) is 0 Å². The summed E-state index contributed by atoms with van der Waals surface area (Å²) in [6.45, 7) is 6.41. The van der Waals surface area contributed by atoms with Gasteiger partial charge in [-0.15, -0.1) is 0 Å². The maximum Gasteiger partial charge on any atom is 0.120 e. The SMILES string of the molecule is CC(C)Oc1cccc(C(N)C2(C)CCCC2)c1. The molecular weight excluding hydrogens is 222 g/mol. The molecule has 100 valence electrons. The minimum atomic E-state index is 0.121. The molecule has 0 bridgehead atoms. The first-order valence-electron chi connectivity index (χ1n) is 7.03. The van der Waals surface area contributed by atoms with Gasteiger partial charge in [-0.2, -0.15) is 0 Å². The second kappa shape index (κ2) is 5.31. The third kappa shape index (κ3) is 2.86. The third-order valence-corrected chi connectivity index (χ3v) is 4.09. The van der Waals surface area contributed by atoms with Gasteiger partial charge in [-0.25, -0.2) is 0 Å². The standard InChI is InChI=1S/C16H25NO/c1-12(2)18-14-8-6-7-13(11-14)15(17)16(3)9-4-5-10-16/h6-8,11-12,15H,4-5,9-10,17H2,1-3H3. The fraction of sp³-hybridized carbons (Fsp3) is 0.625. The first-order chi connectivity index (χ1) is 8.51. The minimum Gasteiger partial charge on any atom is -0.491 e. The number of hydrogen-bond acceptors (Lipinski definition) is 2. The molecule has 1 aromatic rings. The molecule has 0 heterocycles. The molecule has 2 heteroatoms. The van der Waals surface area contributed by atoms with Crippen LogP contribution in [0, 0.1) is 5.41 Å². The number of ether oxygens (including phenoxy) is 1. The van der Waals surface area contributed by atoms with Gasteiger partial charge in [0.15, 0.2) is 0 Å². The Morgan fingerprint density at radius 3 is 2.50 bits per heavy atom. The van der Waals surface area contributed by atoms with Crippen molar-refractivity contribution in [3.8, 4) is 5.75 Å². The molecule has 0 saturated heterocycles.